The van der Waals surface area contributed by atoms with Gasteiger partial charge in [0, 0.05) is 11.5 Å². The summed E-state index contributed by atoms with van der Waals surface area (Å²) in [4.78, 5) is 22.3. The van der Waals surface area contributed by atoms with Crippen LogP contribution in [0.4, 0.5) is 0 Å². The van der Waals surface area contributed by atoms with Crippen molar-refractivity contribution in [2.45, 2.75) is 32.8 Å². The first-order chi connectivity index (χ1) is 6.41. The van der Waals surface area contributed by atoms with Crippen LogP contribution in [0.25, 0.3) is 0 Å². The molecule has 78 valence electrons. The van der Waals surface area contributed by atoms with Crippen LogP contribution in [0.3, 0.4) is 0 Å². The fourth-order valence-corrected chi connectivity index (χ4v) is 1.46. The molecule has 1 heterocycles. The highest BCUT2D eigenvalue weighted by atomic mass is 16.6. The molecule has 4 nitrogen and oxygen atoms in total. The number of carbonyl (C=O) groups excluding carboxylic acids is 1. The number of cyclic esters (lactones) is 1. The zero-order valence-electron chi connectivity index (χ0n) is 8.53. The first-order valence-electron chi connectivity index (χ1n) is 4.53. The average Bonchev–Trinajstić information content (AvgIpc) is 2.11. The van der Waals surface area contributed by atoms with Gasteiger partial charge >= 0.3 is 11.9 Å². The molecule has 2 atom stereocenters. The lowest BCUT2D eigenvalue weighted by atomic mass is 9.82. The van der Waals surface area contributed by atoms with Crippen LogP contribution in [0.15, 0.2) is 11.6 Å². The molecule has 1 saturated heterocycles. The molecule has 0 aromatic carbocycles. The quantitative estimate of drug-likeness (QED) is 0.510. The van der Waals surface area contributed by atoms with Gasteiger partial charge in [0.1, 0.15) is 0 Å². The molecule has 1 rings (SSSR count). The van der Waals surface area contributed by atoms with E-state index in [1.165, 1.54) is 6.92 Å². The maximum absolute atomic E-state index is 11.3. The van der Waals surface area contributed by atoms with Crippen LogP contribution in [0.1, 0.15) is 27.2 Å². The molecule has 0 aromatic rings. The lowest BCUT2D eigenvalue weighted by molar-refractivity contribution is -0.184. The Bertz CT molecular complexity index is 305. The van der Waals surface area contributed by atoms with Crippen molar-refractivity contribution in [3.05, 3.63) is 11.6 Å². The molecule has 0 aromatic heterocycles. The molecular weight excluding hydrogens is 184 g/mol. The summed E-state index contributed by atoms with van der Waals surface area (Å²) in [5, 5.41) is 8.95. The molecule has 14 heavy (non-hydrogen) atoms. The molecule has 1 aliphatic rings. The van der Waals surface area contributed by atoms with Crippen LogP contribution in [0.5, 0.6) is 0 Å². The number of rotatable bonds is 1. The van der Waals surface area contributed by atoms with Gasteiger partial charge in [0.2, 0.25) is 5.60 Å². The molecule has 0 radical (unpaired) electrons. The van der Waals surface area contributed by atoms with Gasteiger partial charge in [-0.2, -0.15) is 0 Å². The number of carboxylic acid groups (broad SMARTS) is 1. The van der Waals surface area contributed by atoms with E-state index in [1.54, 1.807) is 19.9 Å². The SMILES string of the molecule is C/C=C1\CC(C)C(C)(C(=O)O)OC1=O. The molecule has 0 saturated carbocycles. The number of carboxylic acids is 1. The lowest BCUT2D eigenvalue weighted by Gasteiger charge is -2.35. The van der Waals surface area contributed by atoms with Gasteiger partial charge in [-0.25, -0.2) is 9.59 Å². The van der Waals surface area contributed by atoms with Crippen molar-refractivity contribution in [2.75, 3.05) is 0 Å². The minimum atomic E-state index is -1.39. The van der Waals surface area contributed by atoms with Crippen LogP contribution in [-0.4, -0.2) is 22.6 Å². The van der Waals surface area contributed by atoms with Crippen LogP contribution in [0, 0.1) is 5.92 Å². The Labute approximate surface area is 82.6 Å². The largest absolute Gasteiger partial charge is 0.478 e. The van der Waals surface area contributed by atoms with Gasteiger partial charge in [0.15, 0.2) is 0 Å². The maximum atomic E-state index is 11.3. The van der Waals surface area contributed by atoms with Crippen LogP contribution in [0.2, 0.25) is 0 Å². The summed E-state index contributed by atoms with van der Waals surface area (Å²) in [6.07, 6.45) is 2.12. The van der Waals surface area contributed by atoms with Gasteiger partial charge in [-0.1, -0.05) is 13.0 Å². The Morgan fingerprint density at radius 2 is 2.29 bits per heavy atom. The molecule has 1 aliphatic heterocycles. The van der Waals surface area contributed by atoms with Crippen molar-refractivity contribution < 1.29 is 19.4 Å². The van der Waals surface area contributed by atoms with Gasteiger partial charge in [-0.3, -0.25) is 0 Å². The zero-order valence-corrected chi connectivity index (χ0v) is 8.53. The van der Waals surface area contributed by atoms with E-state index in [-0.39, 0.29) is 5.92 Å². The van der Waals surface area contributed by atoms with E-state index in [1.807, 2.05) is 0 Å². The van der Waals surface area contributed by atoms with E-state index in [4.69, 9.17) is 9.84 Å². The third-order valence-electron chi connectivity index (χ3n) is 2.81. The number of esters is 1. The molecule has 4 heteroatoms. The summed E-state index contributed by atoms with van der Waals surface area (Å²) >= 11 is 0. The maximum Gasteiger partial charge on any atom is 0.348 e. The monoisotopic (exact) mass is 198 g/mol. The summed E-state index contributed by atoms with van der Waals surface area (Å²) in [6, 6.07) is 0. The molecule has 0 spiro atoms. The van der Waals surface area contributed by atoms with Crippen LogP contribution < -0.4 is 0 Å². The van der Waals surface area contributed by atoms with Gasteiger partial charge in [0.25, 0.3) is 0 Å². The number of allylic oxidation sites excluding steroid dienone is 1. The van der Waals surface area contributed by atoms with Crippen LogP contribution >= 0.6 is 0 Å². The second kappa shape index (κ2) is 3.44. The number of aliphatic carboxylic acids is 1. The highest BCUT2D eigenvalue weighted by molar-refractivity contribution is 5.93. The Kier molecular flexibility index (Phi) is 2.64. The molecule has 1 fully saturated rings. The minimum absolute atomic E-state index is 0.205. The fourth-order valence-electron chi connectivity index (χ4n) is 1.46. The third-order valence-corrected chi connectivity index (χ3v) is 2.81. The van der Waals surface area contributed by atoms with E-state index in [9.17, 15) is 9.59 Å². The highest BCUT2D eigenvalue weighted by Gasteiger charge is 2.47. The molecular formula is C10H14O4. The van der Waals surface area contributed by atoms with Crippen molar-refractivity contribution in [2.24, 2.45) is 5.92 Å². The van der Waals surface area contributed by atoms with Crippen molar-refractivity contribution in [1.82, 2.24) is 0 Å². The predicted octanol–water partition coefficient (Wildman–Crippen LogP) is 1.36. The minimum Gasteiger partial charge on any atom is -0.478 e. The number of hydrogen-bond acceptors (Lipinski definition) is 3. The first kappa shape index (κ1) is 10.8. The Balaban J connectivity index is 2.97. The van der Waals surface area contributed by atoms with Gasteiger partial charge in [-0.15, -0.1) is 0 Å². The summed E-state index contributed by atoms with van der Waals surface area (Å²) in [5.41, 5.74) is -0.833. The molecule has 1 N–H and O–H groups in total. The van der Waals surface area contributed by atoms with Crippen molar-refractivity contribution >= 4 is 11.9 Å². The first-order valence-corrected chi connectivity index (χ1v) is 4.53. The van der Waals surface area contributed by atoms with E-state index in [0.717, 1.165) is 0 Å². The van der Waals surface area contributed by atoms with Crippen molar-refractivity contribution in [3.63, 3.8) is 0 Å². The Hall–Kier alpha value is -1.32. The van der Waals surface area contributed by atoms with Gasteiger partial charge in [-0.05, 0) is 20.3 Å². The van der Waals surface area contributed by atoms with E-state index < -0.39 is 17.5 Å². The number of hydrogen-bond donors (Lipinski definition) is 1. The summed E-state index contributed by atoms with van der Waals surface area (Å²) in [7, 11) is 0. The molecule has 0 bridgehead atoms. The number of carbonyl (C=O) groups is 2. The standard InChI is InChI=1S/C10H14O4/c1-4-7-5-6(2)10(3,9(12)13)14-8(7)11/h4,6H,5H2,1-3H3,(H,12,13)/b7-4+. The second-order valence-electron chi connectivity index (χ2n) is 3.72. The summed E-state index contributed by atoms with van der Waals surface area (Å²) in [6.45, 7) is 4.95. The Morgan fingerprint density at radius 1 is 1.71 bits per heavy atom. The topological polar surface area (TPSA) is 63.6 Å². The zero-order chi connectivity index (χ0) is 10.9. The second-order valence-corrected chi connectivity index (χ2v) is 3.72. The summed E-state index contributed by atoms with van der Waals surface area (Å²) < 4.78 is 4.94. The molecule has 2 unspecified atom stereocenters. The van der Waals surface area contributed by atoms with Gasteiger partial charge < -0.3 is 9.84 Å². The third kappa shape index (κ3) is 1.52. The predicted molar refractivity (Wildman–Crippen MR) is 49.7 cm³/mol. The highest BCUT2D eigenvalue weighted by Crippen LogP contribution is 2.34. The normalized spacial score (nSPS) is 35.5. The lowest BCUT2D eigenvalue weighted by Crippen LogP contribution is -2.49. The van der Waals surface area contributed by atoms with Crippen molar-refractivity contribution in [3.8, 4) is 0 Å². The fraction of sp³-hybridized carbons (Fsp3) is 0.600. The van der Waals surface area contributed by atoms with Crippen LogP contribution in [-0.2, 0) is 14.3 Å². The van der Waals surface area contributed by atoms with E-state index in [0.29, 0.717) is 12.0 Å². The summed E-state index contributed by atoms with van der Waals surface area (Å²) in [5.74, 6) is -1.81. The Morgan fingerprint density at radius 3 is 2.71 bits per heavy atom. The van der Waals surface area contributed by atoms with Crippen molar-refractivity contribution in [1.29, 1.82) is 0 Å². The number of ether oxygens (including phenoxy) is 1. The van der Waals surface area contributed by atoms with Gasteiger partial charge in [0.05, 0.1) is 0 Å². The smallest absolute Gasteiger partial charge is 0.348 e. The molecule has 0 amide bonds. The average molecular weight is 198 g/mol. The molecule has 0 aliphatic carbocycles. The van der Waals surface area contributed by atoms with E-state index in [2.05, 4.69) is 0 Å². The van der Waals surface area contributed by atoms with E-state index >= 15 is 0 Å².